The number of nitro groups is 1. The van der Waals surface area contributed by atoms with E-state index in [2.05, 4.69) is 10.2 Å². The van der Waals surface area contributed by atoms with E-state index in [4.69, 9.17) is 13.9 Å². The fourth-order valence-corrected chi connectivity index (χ4v) is 2.31. The molecule has 9 nitrogen and oxygen atoms in total. The molecule has 0 unspecified atom stereocenters. The molecule has 2 aromatic carbocycles. The van der Waals surface area contributed by atoms with Gasteiger partial charge >= 0.3 is 5.97 Å². The summed E-state index contributed by atoms with van der Waals surface area (Å²) in [5.41, 5.74) is 1.72. The van der Waals surface area contributed by atoms with Crippen molar-refractivity contribution in [1.82, 2.24) is 10.2 Å². The Morgan fingerprint density at radius 2 is 1.93 bits per heavy atom. The Labute approximate surface area is 153 Å². The summed E-state index contributed by atoms with van der Waals surface area (Å²) in [6.45, 7) is 1.67. The van der Waals surface area contributed by atoms with Crippen LogP contribution in [0.5, 0.6) is 5.75 Å². The third-order valence-corrected chi connectivity index (χ3v) is 3.76. The Morgan fingerprint density at radius 1 is 1.19 bits per heavy atom. The maximum absolute atomic E-state index is 12.1. The predicted octanol–water partition coefficient (Wildman–Crippen LogP) is 3.32. The first-order valence-corrected chi connectivity index (χ1v) is 7.87. The summed E-state index contributed by atoms with van der Waals surface area (Å²) in [6.07, 6.45) is 0. The number of nitrogens with zero attached hydrogens (tertiary/aromatic N) is 3. The number of nitro benzene ring substituents is 1. The van der Waals surface area contributed by atoms with Gasteiger partial charge in [0.25, 0.3) is 11.6 Å². The van der Waals surface area contributed by atoms with Gasteiger partial charge < -0.3 is 13.9 Å². The maximum Gasteiger partial charge on any atom is 0.338 e. The number of esters is 1. The number of rotatable bonds is 6. The van der Waals surface area contributed by atoms with Crippen molar-refractivity contribution in [2.75, 3.05) is 7.11 Å². The highest BCUT2D eigenvalue weighted by Gasteiger charge is 2.14. The van der Waals surface area contributed by atoms with E-state index >= 15 is 0 Å². The summed E-state index contributed by atoms with van der Waals surface area (Å²) < 4.78 is 15.8. The normalized spacial score (nSPS) is 10.4. The van der Waals surface area contributed by atoms with Crippen LogP contribution in [0.3, 0.4) is 0 Å². The molecule has 0 aliphatic carbocycles. The predicted molar refractivity (Wildman–Crippen MR) is 93.2 cm³/mol. The summed E-state index contributed by atoms with van der Waals surface area (Å²) >= 11 is 0. The Balaban J connectivity index is 1.65. The molecular weight excluding hydrogens is 354 g/mol. The monoisotopic (exact) mass is 369 g/mol. The molecule has 9 heteroatoms. The van der Waals surface area contributed by atoms with Gasteiger partial charge in [-0.2, -0.15) is 0 Å². The fraction of sp³-hybridized carbons (Fsp3) is 0.167. The molecule has 3 rings (SSSR count). The number of hydrogen-bond acceptors (Lipinski definition) is 8. The first-order valence-electron chi connectivity index (χ1n) is 7.87. The van der Waals surface area contributed by atoms with Crippen molar-refractivity contribution in [3.63, 3.8) is 0 Å². The third-order valence-electron chi connectivity index (χ3n) is 3.76. The molecule has 1 aromatic heterocycles. The molecule has 0 spiro atoms. The highest BCUT2D eigenvalue weighted by Crippen LogP contribution is 2.22. The van der Waals surface area contributed by atoms with Crippen LogP contribution in [0.1, 0.15) is 21.8 Å². The number of carbonyl (C=O) groups is 1. The highest BCUT2D eigenvalue weighted by molar-refractivity contribution is 5.90. The van der Waals surface area contributed by atoms with Gasteiger partial charge in [0.05, 0.1) is 17.6 Å². The van der Waals surface area contributed by atoms with Gasteiger partial charge in [-0.25, -0.2) is 4.79 Å². The topological polar surface area (TPSA) is 118 Å². The van der Waals surface area contributed by atoms with Gasteiger partial charge in [-0.1, -0.05) is 6.07 Å². The van der Waals surface area contributed by atoms with Crippen LogP contribution in [-0.4, -0.2) is 28.2 Å². The summed E-state index contributed by atoms with van der Waals surface area (Å²) in [7, 11) is 1.52. The second-order valence-electron chi connectivity index (χ2n) is 5.57. The molecule has 0 aliphatic rings. The van der Waals surface area contributed by atoms with E-state index in [1.165, 1.54) is 31.4 Å². The zero-order valence-corrected chi connectivity index (χ0v) is 14.5. The Kier molecular flexibility index (Phi) is 5.11. The molecule has 0 bridgehead atoms. The first-order chi connectivity index (χ1) is 13.0. The molecule has 0 atom stereocenters. The zero-order valence-electron chi connectivity index (χ0n) is 14.5. The standard InChI is InChI=1S/C18H15N3O6/c1-11-3-4-13(9-15(11)25-2)18(22)26-10-16-19-20-17(27-16)12-5-7-14(8-6-12)21(23)24/h3-9H,10H2,1-2H3. The van der Waals surface area contributed by atoms with Crippen molar-refractivity contribution in [2.24, 2.45) is 0 Å². The number of ether oxygens (including phenoxy) is 2. The summed E-state index contributed by atoms with van der Waals surface area (Å²) in [5.74, 6) is 0.315. The van der Waals surface area contributed by atoms with E-state index in [9.17, 15) is 14.9 Å². The highest BCUT2D eigenvalue weighted by atomic mass is 16.6. The number of aryl methyl sites for hydroxylation is 1. The SMILES string of the molecule is COc1cc(C(=O)OCc2nnc(-c3ccc([N+](=O)[O-])cc3)o2)ccc1C. The molecule has 0 N–H and O–H groups in total. The van der Waals surface area contributed by atoms with Crippen LogP contribution in [0.2, 0.25) is 0 Å². The zero-order chi connectivity index (χ0) is 19.4. The third kappa shape index (κ3) is 4.09. The number of carbonyl (C=O) groups excluding carboxylic acids is 1. The molecule has 27 heavy (non-hydrogen) atoms. The summed E-state index contributed by atoms with van der Waals surface area (Å²) in [4.78, 5) is 22.3. The minimum atomic E-state index is -0.552. The van der Waals surface area contributed by atoms with E-state index in [1.54, 1.807) is 18.2 Å². The average Bonchev–Trinajstić information content (AvgIpc) is 3.15. The van der Waals surface area contributed by atoms with Crippen molar-refractivity contribution in [2.45, 2.75) is 13.5 Å². The molecule has 0 amide bonds. The second kappa shape index (κ2) is 7.65. The van der Waals surface area contributed by atoms with Crippen LogP contribution in [-0.2, 0) is 11.3 Å². The van der Waals surface area contributed by atoms with Crippen LogP contribution < -0.4 is 4.74 Å². The number of non-ortho nitro benzene ring substituents is 1. The number of benzene rings is 2. The molecule has 138 valence electrons. The lowest BCUT2D eigenvalue weighted by atomic mass is 10.1. The lowest BCUT2D eigenvalue weighted by Crippen LogP contribution is -2.06. The van der Waals surface area contributed by atoms with Crippen LogP contribution in [0.25, 0.3) is 11.5 Å². The molecular formula is C18H15N3O6. The molecule has 0 saturated heterocycles. The van der Waals surface area contributed by atoms with Crippen molar-refractivity contribution < 1.29 is 23.6 Å². The maximum atomic E-state index is 12.1. The number of hydrogen-bond donors (Lipinski definition) is 0. The van der Waals surface area contributed by atoms with Gasteiger partial charge in [0.15, 0.2) is 6.61 Å². The average molecular weight is 369 g/mol. The van der Waals surface area contributed by atoms with Crippen LogP contribution >= 0.6 is 0 Å². The van der Waals surface area contributed by atoms with Crippen molar-refractivity contribution in [1.29, 1.82) is 0 Å². The second-order valence-corrected chi connectivity index (χ2v) is 5.57. The van der Waals surface area contributed by atoms with E-state index < -0.39 is 10.9 Å². The Bertz CT molecular complexity index is 981. The van der Waals surface area contributed by atoms with E-state index in [-0.39, 0.29) is 24.1 Å². The van der Waals surface area contributed by atoms with Crippen molar-refractivity contribution >= 4 is 11.7 Å². The molecule has 0 saturated carbocycles. The molecule has 1 heterocycles. The van der Waals surface area contributed by atoms with Gasteiger partial charge in [-0.3, -0.25) is 10.1 Å². The van der Waals surface area contributed by atoms with Gasteiger partial charge in [0.2, 0.25) is 5.89 Å². The van der Waals surface area contributed by atoms with Gasteiger partial charge in [-0.15, -0.1) is 10.2 Å². The molecule has 0 aliphatic heterocycles. The fourth-order valence-electron chi connectivity index (χ4n) is 2.31. The number of methoxy groups -OCH3 is 1. The summed E-state index contributed by atoms with van der Waals surface area (Å²) in [6, 6.07) is 10.7. The molecule has 0 radical (unpaired) electrons. The van der Waals surface area contributed by atoms with Crippen LogP contribution in [0.15, 0.2) is 46.9 Å². The van der Waals surface area contributed by atoms with E-state index in [1.807, 2.05) is 6.92 Å². The van der Waals surface area contributed by atoms with Gasteiger partial charge in [-0.05, 0) is 36.8 Å². The van der Waals surface area contributed by atoms with Crippen LogP contribution in [0, 0.1) is 17.0 Å². The lowest BCUT2D eigenvalue weighted by molar-refractivity contribution is -0.384. The van der Waals surface area contributed by atoms with E-state index in [0.29, 0.717) is 16.9 Å². The smallest absolute Gasteiger partial charge is 0.338 e. The van der Waals surface area contributed by atoms with Gasteiger partial charge in [0, 0.05) is 17.7 Å². The largest absolute Gasteiger partial charge is 0.496 e. The minimum absolute atomic E-state index is 0.0408. The Hall–Kier alpha value is -3.75. The molecule has 3 aromatic rings. The van der Waals surface area contributed by atoms with Crippen molar-refractivity contribution in [3.05, 3.63) is 69.6 Å². The Morgan fingerprint density at radius 3 is 2.59 bits per heavy atom. The quantitative estimate of drug-likeness (QED) is 0.369. The van der Waals surface area contributed by atoms with Gasteiger partial charge in [0.1, 0.15) is 5.75 Å². The minimum Gasteiger partial charge on any atom is -0.496 e. The molecule has 0 fully saturated rings. The summed E-state index contributed by atoms with van der Waals surface area (Å²) in [5, 5.41) is 18.3. The lowest BCUT2D eigenvalue weighted by Gasteiger charge is -2.07. The first kappa shape index (κ1) is 18.1. The number of aromatic nitrogens is 2. The van der Waals surface area contributed by atoms with Crippen LogP contribution in [0.4, 0.5) is 5.69 Å². The van der Waals surface area contributed by atoms with E-state index in [0.717, 1.165) is 5.56 Å². The van der Waals surface area contributed by atoms with Crippen molar-refractivity contribution in [3.8, 4) is 17.2 Å².